The van der Waals surface area contributed by atoms with Crippen LogP contribution in [0.5, 0.6) is 0 Å². The number of hydrogen-bond acceptors (Lipinski definition) is 4. The van der Waals surface area contributed by atoms with Crippen LogP contribution in [0.25, 0.3) is 11.1 Å². The number of nitrogens with zero attached hydrogens (tertiary/aromatic N) is 1. The summed E-state index contributed by atoms with van der Waals surface area (Å²) in [5.74, 6) is -1.13. The summed E-state index contributed by atoms with van der Waals surface area (Å²) < 4.78 is 6.64. The van der Waals surface area contributed by atoms with Crippen LogP contribution in [-0.2, 0) is 9.59 Å². The van der Waals surface area contributed by atoms with Crippen LogP contribution in [0.3, 0.4) is 0 Å². The number of rotatable bonds is 2. The highest BCUT2D eigenvalue weighted by molar-refractivity contribution is 6.00. The monoisotopic (exact) mass is 288 g/mol. The van der Waals surface area contributed by atoms with Gasteiger partial charge in [0.1, 0.15) is 6.04 Å². The highest BCUT2D eigenvalue weighted by atomic mass is 16.4. The third-order valence-corrected chi connectivity index (χ3v) is 3.81. The van der Waals surface area contributed by atoms with Gasteiger partial charge in [0.2, 0.25) is 11.8 Å². The fourth-order valence-electron chi connectivity index (χ4n) is 2.79. The zero-order valence-electron chi connectivity index (χ0n) is 11.9. The van der Waals surface area contributed by atoms with Gasteiger partial charge in [0.25, 0.3) is 0 Å². The molecule has 1 aromatic carbocycles. The summed E-state index contributed by atoms with van der Waals surface area (Å²) in [6.07, 6.45) is 0.533. The fraction of sp³-hybridized carbons (Fsp3) is 0.400. The molecule has 1 atom stereocenters. The Morgan fingerprint density at radius 1 is 1.29 bits per heavy atom. The molecular weight excluding hydrogens is 272 g/mol. The van der Waals surface area contributed by atoms with E-state index in [-0.39, 0.29) is 18.2 Å². The van der Waals surface area contributed by atoms with Gasteiger partial charge in [-0.3, -0.25) is 19.5 Å². The number of para-hydroxylation sites is 1. The average molecular weight is 288 g/mol. The number of aromatic nitrogens is 1. The molecule has 1 N–H and O–H groups in total. The Kier molecular flexibility index (Phi) is 3.16. The zero-order chi connectivity index (χ0) is 15.1. The molecule has 21 heavy (non-hydrogen) atoms. The fourth-order valence-corrected chi connectivity index (χ4v) is 2.79. The maximum atomic E-state index is 12.2. The number of amides is 2. The third-order valence-electron chi connectivity index (χ3n) is 3.81. The quantitative estimate of drug-likeness (QED) is 0.853. The lowest BCUT2D eigenvalue weighted by atomic mass is 10.00. The van der Waals surface area contributed by atoms with Crippen molar-refractivity contribution in [3.8, 4) is 0 Å². The number of imide groups is 1. The molecule has 1 saturated heterocycles. The first-order valence-corrected chi connectivity index (χ1v) is 6.96. The van der Waals surface area contributed by atoms with Gasteiger partial charge in [0.05, 0.1) is 5.52 Å². The van der Waals surface area contributed by atoms with Crippen LogP contribution in [0.2, 0.25) is 0 Å². The Balaban J connectivity index is 2.22. The number of carbonyl (C=O) groups is 2. The maximum absolute atomic E-state index is 12.2. The van der Waals surface area contributed by atoms with Crippen LogP contribution in [0.1, 0.15) is 44.2 Å². The van der Waals surface area contributed by atoms with Crippen molar-refractivity contribution < 1.29 is 14.0 Å². The van der Waals surface area contributed by atoms with E-state index in [9.17, 15) is 14.4 Å². The number of oxazole rings is 1. The molecule has 1 aliphatic rings. The van der Waals surface area contributed by atoms with Crippen molar-refractivity contribution in [3.63, 3.8) is 0 Å². The SMILES string of the molecule is CC(C)c1cccc2oc(=O)n(C3CCC(=O)NC3=O)c12. The number of nitrogens with one attached hydrogen (secondary N) is 1. The molecule has 1 fully saturated rings. The van der Waals surface area contributed by atoms with E-state index in [0.29, 0.717) is 17.5 Å². The van der Waals surface area contributed by atoms with Crippen molar-refractivity contribution in [2.24, 2.45) is 0 Å². The molecule has 0 spiro atoms. The normalized spacial score (nSPS) is 19.3. The summed E-state index contributed by atoms with van der Waals surface area (Å²) in [5, 5.41) is 2.28. The van der Waals surface area contributed by atoms with Gasteiger partial charge in [-0.05, 0) is 24.0 Å². The number of hydrogen-bond donors (Lipinski definition) is 1. The first kappa shape index (κ1) is 13.6. The molecule has 3 rings (SSSR count). The highest BCUT2D eigenvalue weighted by Gasteiger charge is 2.32. The van der Waals surface area contributed by atoms with Crippen molar-refractivity contribution >= 4 is 22.9 Å². The molecule has 0 bridgehead atoms. The molecule has 1 aromatic heterocycles. The maximum Gasteiger partial charge on any atom is 0.420 e. The zero-order valence-corrected chi connectivity index (χ0v) is 11.9. The van der Waals surface area contributed by atoms with Crippen LogP contribution < -0.4 is 11.1 Å². The van der Waals surface area contributed by atoms with E-state index in [1.165, 1.54) is 4.57 Å². The van der Waals surface area contributed by atoms with Crippen molar-refractivity contribution in [2.75, 3.05) is 0 Å². The summed E-state index contributed by atoms with van der Waals surface area (Å²) in [7, 11) is 0. The lowest BCUT2D eigenvalue weighted by molar-refractivity contribution is -0.135. The Bertz CT molecular complexity index is 785. The topological polar surface area (TPSA) is 81.3 Å². The smallest absolute Gasteiger partial charge is 0.408 e. The lowest BCUT2D eigenvalue weighted by Gasteiger charge is -2.22. The van der Waals surface area contributed by atoms with Crippen LogP contribution in [0, 0.1) is 0 Å². The molecule has 1 unspecified atom stereocenters. The van der Waals surface area contributed by atoms with E-state index < -0.39 is 17.7 Å². The van der Waals surface area contributed by atoms with Crippen molar-refractivity contribution in [2.45, 2.75) is 38.6 Å². The molecule has 110 valence electrons. The molecular formula is C15H16N2O4. The minimum atomic E-state index is -0.698. The number of carbonyl (C=O) groups excluding carboxylic acids is 2. The van der Waals surface area contributed by atoms with E-state index in [1.54, 1.807) is 6.07 Å². The molecule has 0 aliphatic carbocycles. The van der Waals surface area contributed by atoms with Gasteiger partial charge in [-0.1, -0.05) is 26.0 Å². The summed E-state index contributed by atoms with van der Waals surface area (Å²) in [4.78, 5) is 35.5. The van der Waals surface area contributed by atoms with Crippen LogP contribution in [0.4, 0.5) is 0 Å². The average Bonchev–Trinajstić information content (AvgIpc) is 2.74. The largest absolute Gasteiger partial charge is 0.420 e. The first-order valence-electron chi connectivity index (χ1n) is 6.96. The summed E-state index contributed by atoms with van der Waals surface area (Å²) in [5.41, 5.74) is 2.06. The minimum absolute atomic E-state index is 0.185. The van der Waals surface area contributed by atoms with Crippen LogP contribution >= 0.6 is 0 Å². The van der Waals surface area contributed by atoms with Gasteiger partial charge in [-0.25, -0.2) is 4.79 Å². The molecule has 0 saturated carbocycles. The van der Waals surface area contributed by atoms with Crippen molar-refractivity contribution in [1.29, 1.82) is 0 Å². The van der Waals surface area contributed by atoms with Crippen molar-refractivity contribution in [3.05, 3.63) is 34.3 Å². The summed E-state index contributed by atoms with van der Waals surface area (Å²) in [6.45, 7) is 4.03. The molecule has 1 aliphatic heterocycles. The molecule has 6 nitrogen and oxygen atoms in total. The Labute approximate surface area is 120 Å². The van der Waals surface area contributed by atoms with Gasteiger partial charge in [-0.15, -0.1) is 0 Å². The summed E-state index contributed by atoms with van der Waals surface area (Å²) in [6, 6.07) is 4.77. The van der Waals surface area contributed by atoms with E-state index in [2.05, 4.69) is 5.32 Å². The Hall–Kier alpha value is -2.37. The predicted molar refractivity (Wildman–Crippen MR) is 76.0 cm³/mol. The van der Waals surface area contributed by atoms with E-state index in [4.69, 9.17) is 4.42 Å². The summed E-state index contributed by atoms with van der Waals surface area (Å²) >= 11 is 0. The molecule has 2 aromatic rings. The van der Waals surface area contributed by atoms with Gasteiger partial charge in [0.15, 0.2) is 5.58 Å². The molecule has 6 heteroatoms. The predicted octanol–water partition coefficient (Wildman–Crippen LogP) is 1.70. The van der Waals surface area contributed by atoms with Crippen LogP contribution in [-0.4, -0.2) is 16.4 Å². The number of fused-ring (bicyclic) bond motifs is 1. The van der Waals surface area contributed by atoms with Gasteiger partial charge < -0.3 is 4.42 Å². The van der Waals surface area contributed by atoms with Gasteiger partial charge >= 0.3 is 5.76 Å². The van der Waals surface area contributed by atoms with E-state index in [1.807, 2.05) is 26.0 Å². The second-order valence-electron chi connectivity index (χ2n) is 5.55. The molecule has 2 heterocycles. The second-order valence-corrected chi connectivity index (χ2v) is 5.55. The van der Waals surface area contributed by atoms with Gasteiger partial charge in [-0.2, -0.15) is 0 Å². The van der Waals surface area contributed by atoms with Crippen molar-refractivity contribution in [1.82, 2.24) is 9.88 Å². The highest BCUT2D eigenvalue weighted by Crippen LogP contribution is 2.29. The Morgan fingerprint density at radius 2 is 2.05 bits per heavy atom. The molecule has 2 amide bonds. The lowest BCUT2D eigenvalue weighted by Crippen LogP contribution is -2.43. The van der Waals surface area contributed by atoms with E-state index in [0.717, 1.165) is 5.56 Å². The number of piperidine rings is 1. The van der Waals surface area contributed by atoms with Crippen LogP contribution in [0.15, 0.2) is 27.4 Å². The minimum Gasteiger partial charge on any atom is -0.408 e. The van der Waals surface area contributed by atoms with Gasteiger partial charge in [0, 0.05) is 6.42 Å². The Morgan fingerprint density at radius 3 is 2.71 bits per heavy atom. The number of benzene rings is 1. The second kappa shape index (κ2) is 4.87. The molecule has 0 radical (unpaired) electrons. The standard InChI is InChI=1S/C15H16N2O4/c1-8(2)9-4-3-5-11-13(9)17(15(20)21-11)10-6-7-12(18)16-14(10)19/h3-5,8,10H,6-7H2,1-2H3,(H,16,18,19). The third kappa shape index (κ3) is 2.16. The van der Waals surface area contributed by atoms with E-state index >= 15 is 0 Å². The first-order chi connectivity index (χ1) is 9.99.